The van der Waals surface area contributed by atoms with Crippen molar-refractivity contribution in [3.05, 3.63) is 57.3 Å². The van der Waals surface area contributed by atoms with Crippen LogP contribution in [0.5, 0.6) is 11.5 Å². The smallest absolute Gasteiger partial charge is 0.407 e. The van der Waals surface area contributed by atoms with Crippen LogP contribution in [0.4, 0.5) is 4.79 Å². The van der Waals surface area contributed by atoms with Gasteiger partial charge in [0.25, 0.3) is 0 Å². The molecule has 12 nitrogen and oxygen atoms in total. The molecule has 0 unspecified atom stereocenters. The molecular weight excluding hydrogens is 645 g/mol. The highest BCUT2D eigenvalue weighted by Crippen LogP contribution is 2.51. The van der Waals surface area contributed by atoms with Gasteiger partial charge >= 0.3 is 6.09 Å². The number of hydrogen-bond donors (Lipinski definition) is 3. The highest BCUT2D eigenvalue weighted by Gasteiger charge is 2.32. The van der Waals surface area contributed by atoms with Crippen molar-refractivity contribution >= 4 is 35.2 Å². The van der Waals surface area contributed by atoms with Crippen molar-refractivity contribution in [3.63, 3.8) is 0 Å². The number of aromatic nitrogens is 4. The maximum atomic E-state index is 12.8. The fraction of sp³-hybridized carbons (Fsp3) is 0.394. The highest BCUT2D eigenvalue weighted by molar-refractivity contribution is 6.32. The molecule has 47 heavy (non-hydrogen) atoms. The van der Waals surface area contributed by atoms with Crippen molar-refractivity contribution in [1.29, 1.82) is 0 Å². The Morgan fingerprint density at radius 3 is 2.26 bits per heavy atom. The number of aromatic amines is 2. The Bertz CT molecular complexity index is 1820. The van der Waals surface area contributed by atoms with E-state index < -0.39 is 6.09 Å². The number of ether oxygens (including phenoxy) is 3. The Kier molecular flexibility index (Phi) is 8.50. The first kappa shape index (κ1) is 31.3. The summed E-state index contributed by atoms with van der Waals surface area (Å²) in [6.07, 6.45) is 2.25. The molecule has 5 heterocycles. The number of carbonyl (C=O) groups is 2. The molecule has 246 valence electrons. The van der Waals surface area contributed by atoms with Crippen molar-refractivity contribution in [3.8, 4) is 45.1 Å². The van der Waals surface area contributed by atoms with Crippen LogP contribution in [0.15, 0.2) is 24.3 Å². The summed E-state index contributed by atoms with van der Waals surface area (Å²) in [5, 5.41) is 3.16. The normalized spacial score (nSPS) is 16.3. The Morgan fingerprint density at radius 2 is 1.66 bits per heavy atom. The van der Waals surface area contributed by atoms with Gasteiger partial charge in [0.1, 0.15) is 42.9 Å². The second-order valence-corrected chi connectivity index (χ2v) is 12.7. The van der Waals surface area contributed by atoms with Crippen LogP contribution in [0, 0.1) is 0 Å². The van der Waals surface area contributed by atoms with Gasteiger partial charge in [0.05, 0.1) is 31.1 Å². The quantitative estimate of drug-likeness (QED) is 0.193. The summed E-state index contributed by atoms with van der Waals surface area (Å²) in [6, 6.07) is 8.34. The van der Waals surface area contributed by atoms with Crippen molar-refractivity contribution < 1.29 is 23.8 Å². The molecule has 2 amide bonds. The van der Waals surface area contributed by atoms with Gasteiger partial charge in [0.15, 0.2) is 10.3 Å². The largest absolute Gasteiger partial charge is 0.488 e. The van der Waals surface area contributed by atoms with Gasteiger partial charge in [-0.05, 0) is 57.1 Å². The first-order valence-electron chi connectivity index (χ1n) is 15.6. The highest BCUT2D eigenvalue weighted by atomic mass is 35.5. The second kappa shape index (κ2) is 12.7. The number of amides is 2. The average molecular weight is 681 g/mol. The van der Waals surface area contributed by atoms with Crippen LogP contribution in [-0.2, 0) is 29.3 Å². The number of imidazole rings is 2. The molecule has 0 radical (unpaired) electrons. The maximum absolute atomic E-state index is 12.8. The van der Waals surface area contributed by atoms with E-state index in [4.69, 9.17) is 32.7 Å². The molecule has 2 aromatic carbocycles. The summed E-state index contributed by atoms with van der Waals surface area (Å²) in [6.45, 7) is 4.21. The molecule has 0 aliphatic carbocycles. The fourth-order valence-electron chi connectivity index (χ4n) is 6.68. The Balaban J connectivity index is 1.16. The number of halogens is 2. The van der Waals surface area contributed by atoms with E-state index in [2.05, 4.69) is 48.0 Å². The van der Waals surface area contributed by atoms with E-state index in [1.54, 1.807) is 4.90 Å². The number of H-pyrrole nitrogens is 2. The number of alkyl carbamates (subject to hydrolysis) is 1. The van der Waals surface area contributed by atoms with Crippen LogP contribution in [-0.4, -0.2) is 75.5 Å². The predicted molar refractivity (Wildman–Crippen MR) is 176 cm³/mol. The topological polar surface area (TPSA) is 138 Å². The van der Waals surface area contributed by atoms with Crippen LogP contribution in [0.25, 0.3) is 33.6 Å². The molecule has 3 aliphatic rings. The lowest BCUT2D eigenvalue weighted by molar-refractivity contribution is -0.130. The van der Waals surface area contributed by atoms with Crippen LogP contribution in [0.3, 0.4) is 0 Å². The van der Waals surface area contributed by atoms with Crippen molar-refractivity contribution in [1.82, 2.24) is 35.1 Å². The first-order valence-corrected chi connectivity index (χ1v) is 16.4. The molecule has 3 aliphatic heterocycles. The molecule has 0 saturated carbocycles. The van der Waals surface area contributed by atoms with E-state index in [0.717, 1.165) is 82.2 Å². The SMILES string of the molecule is CCCN(Cc1nc(Cl)c(-c2cc3c4c(c2)OCc2cc(-c5[nH]c([C@@H]6CCCN6C)nc5Cl)cc(c2-4)OC3)[nH]1)C(=O)CNC(=O)OC. The number of methoxy groups -OCH3 is 1. The van der Waals surface area contributed by atoms with Gasteiger partial charge in [-0.3, -0.25) is 9.69 Å². The molecule has 4 aromatic rings. The molecule has 7 rings (SSSR count). The van der Waals surface area contributed by atoms with E-state index in [1.165, 1.54) is 7.11 Å². The van der Waals surface area contributed by atoms with E-state index in [1.807, 2.05) is 25.1 Å². The molecule has 3 N–H and O–H groups in total. The Morgan fingerprint density at radius 1 is 1.02 bits per heavy atom. The van der Waals surface area contributed by atoms with E-state index in [0.29, 0.717) is 36.4 Å². The Hall–Kier alpha value is -4.26. The minimum atomic E-state index is -0.667. The van der Waals surface area contributed by atoms with Crippen molar-refractivity contribution in [2.24, 2.45) is 0 Å². The minimum absolute atomic E-state index is 0.182. The molecule has 1 saturated heterocycles. The van der Waals surface area contributed by atoms with E-state index in [9.17, 15) is 9.59 Å². The van der Waals surface area contributed by atoms with Crippen molar-refractivity contribution in [2.45, 2.75) is 52.0 Å². The number of hydrogen-bond acceptors (Lipinski definition) is 8. The summed E-state index contributed by atoms with van der Waals surface area (Å²) in [4.78, 5) is 44.1. The first-order chi connectivity index (χ1) is 22.7. The molecule has 1 fully saturated rings. The summed E-state index contributed by atoms with van der Waals surface area (Å²) in [7, 11) is 3.36. The van der Waals surface area contributed by atoms with Crippen LogP contribution in [0.1, 0.15) is 55.0 Å². The lowest BCUT2D eigenvalue weighted by Gasteiger charge is -2.30. The minimum Gasteiger partial charge on any atom is -0.488 e. The third-order valence-corrected chi connectivity index (χ3v) is 9.49. The molecule has 0 bridgehead atoms. The average Bonchev–Trinajstić information content (AvgIpc) is 3.78. The predicted octanol–water partition coefficient (Wildman–Crippen LogP) is 6.09. The Labute approximate surface area is 281 Å². The van der Waals surface area contributed by atoms with Gasteiger partial charge in [-0.15, -0.1) is 0 Å². The van der Waals surface area contributed by atoms with Gasteiger partial charge in [0.2, 0.25) is 5.91 Å². The third-order valence-electron chi connectivity index (χ3n) is 8.94. The number of nitrogens with one attached hydrogen (secondary N) is 3. The number of benzene rings is 2. The number of nitrogens with zero attached hydrogens (tertiary/aromatic N) is 4. The lowest BCUT2D eigenvalue weighted by Crippen LogP contribution is -2.40. The van der Waals surface area contributed by atoms with Crippen LogP contribution >= 0.6 is 23.2 Å². The van der Waals surface area contributed by atoms with Gasteiger partial charge < -0.3 is 34.4 Å². The zero-order valence-corrected chi connectivity index (χ0v) is 27.8. The van der Waals surface area contributed by atoms with Crippen LogP contribution in [0.2, 0.25) is 10.3 Å². The van der Waals surface area contributed by atoms with E-state index >= 15 is 0 Å². The summed E-state index contributed by atoms with van der Waals surface area (Å²) in [5.41, 5.74) is 7.08. The monoisotopic (exact) mass is 679 g/mol. The molecule has 1 atom stereocenters. The lowest BCUT2D eigenvalue weighted by atomic mass is 9.87. The standard InChI is InChI=1S/C33H35Cl2N7O5/c1-4-7-42(25(43)13-36-33(44)45-3)14-24-37-28(30(34)38-24)17-9-19-15-47-23-12-18(10-20-16-46-22(11-17)26(19)27(20)23)29-31(35)40-32(39-29)21-6-5-8-41(21)2/h9-12,21H,4-8,13-16H2,1-3H3,(H,36,44)(H,37,38)(H,39,40)/t21-/m0/s1. The molecule has 2 aromatic heterocycles. The van der Waals surface area contributed by atoms with E-state index in [-0.39, 0.29) is 30.2 Å². The molecule has 14 heteroatoms. The second-order valence-electron chi connectivity index (χ2n) is 12.0. The summed E-state index contributed by atoms with van der Waals surface area (Å²) in [5.74, 6) is 2.65. The number of likely N-dealkylation sites (tertiary alicyclic amines) is 1. The number of carbonyl (C=O) groups excluding carboxylic acids is 2. The fourth-order valence-corrected chi connectivity index (χ4v) is 7.19. The number of rotatable bonds is 9. The maximum Gasteiger partial charge on any atom is 0.407 e. The summed E-state index contributed by atoms with van der Waals surface area (Å²) < 4.78 is 17.2. The summed E-state index contributed by atoms with van der Waals surface area (Å²) >= 11 is 13.3. The van der Waals surface area contributed by atoms with Crippen molar-refractivity contribution in [2.75, 3.05) is 33.8 Å². The molecule has 0 spiro atoms. The van der Waals surface area contributed by atoms with Gasteiger partial charge in [-0.2, -0.15) is 0 Å². The van der Waals surface area contributed by atoms with Gasteiger partial charge in [0, 0.05) is 39.9 Å². The zero-order chi connectivity index (χ0) is 32.8. The van der Waals surface area contributed by atoms with Crippen LogP contribution < -0.4 is 14.8 Å². The third kappa shape index (κ3) is 5.90. The molecular formula is C33H35Cl2N7O5. The van der Waals surface area contributed by atoms with Gasteiger partial charge in [-0.1, -0.05) is 30.1 Å². The zero-order valence-electron chi connectivity index (χ0n) is 26.3. The van der Waals surface area contributed by atoms with Gasteiger partial charge in [-0.25, -0.2) is 14.8 Å².